The molecule has 0 fully saturated rings. The first-order chi connectivity index (χ1) is 10.1. The molecule has 0 saturated heterocycles. The highest BCUT2D eigenvalue weighted by atomic mass is 32.2. The molecule has 2 unspecified atom stereocenters. The van der Waals surface area contributed by atoms with Gasteiger partial charge in [-0.25, -0.2) is 4.99 Å². The maximum Gasteiger partial charge on any atom is 0.317 e. The molecule has 1 aromatic carbocycles. The van der Waals surface area contributed by atoms with Crippen molar-refractivity contribution in [2.45, 2.75) is 25.1 Å². The van der Waals surface area contributed by atoms with Gasteiger partial charge in [0.2, 0.25) is 0 Å². The van der Waals surface area contributed by atoms with E-state index >= 15 is 0 Å². The Morgan fingerprint density at radius 1 is 1.57 bits per heavy atom. The van der Waals surface area contributed by atoms with E-state index < -0.39 is 5.92 Å². The molecule has 0 saturated carbocycles. The number of carbonyl (C=O) groups excluding carboxylic acids is 1. The predicted molar refractivity (Wildman–Crippen MR) is 86.0 cm³/mol. The third kappa shape index (κ3) is 4.47. The van der Waals surface area contributed by atoms with Gasteiger partial charge in [0.25, 0.3) is 0 Å². The van der Waals surface area contributed by atoms with E-state index in [-0.39, 0.29) is 11.5 Å². The Balaban J connectivity index is 1.90. The molecule has 21 heavy (non-hydrogen) atoms. The molecule has 6 heteroatoms. The van der Waals surface area contributed by atoms with Crippen molar-refractivity contribution < 1.29 is 9.53 Å². The van der Waals surface area contributed by atoms with Crippen LogP contribution in [0.4, 0.5) is 0 Å². The van der Waals surface area contributed by atoms with Crippen LogP contribution in [0.2, 0.25) is 0 Å². The van der Waals surface area contributed by atoms with Crippen LogP contribution in [-0.4, -0.2) is 30.5 Å². The summed E-state index contributed by atoms with van der Waals surface area (Å²) in [5, 5.41) is 3.22. The van der Waals surface area contributed by atoms with E-state index in [4.69, 9.17) is 10.5 Å². The van der Waals surface area contributed by atoms with Crippen LogP contribution in [0.3, 0.4) is 0 Å². The molecule has 0 amide bonds. The molecule has 5 nitrogen and oxygen atoms in total. The molecule has 1 heterocycles. The second kappa shape index (κ2) is 7.47. The summed E-state index contributed by atoms with van der Waals surface area (Å²) in [4.78, 5) is 16.1. The summed E-state index contributed by atoms with van der Waals surface area (Å²) in [5.41, 5.74) is 8.27. The fraction of sp³-hybridized carbons (Fsp3) is 0.467. The van der Waals surface area contributed by atoms with Crippen LogP contribution in [0.15, 0.2) is 29.3 Å². The maximum atomic E-state index is 11.7. The number of hydrogen-bond donors (Lipinski definition) is 2. The van der Waals surface area contributed by atoms with Gasteiger partial charge in [-0.2, -0.15) is 0 Å². The molecule has 114 valence electrons. The number of ether oxygens (including phenoxy) is 1. The smallest absolute Gasteiger partial charge is 0.317 e. The van der Waals surface area contributed by atoms with Gasteiger partial charge in [0.15, 0.2) is 0 Å². The summed E-state index contributed by atoms with van der Waals surface area (Å²) in [6.45, 7) is 4.68. The van der Waals surface area contributed by atoms with E-state index in [1.807, 2.05) is 6.07 Å². The van der Waals surface area contributed by atoms with Crippen molar-refractivity contribution in [3.8, 4) is 0 Å². The third-order valence-corrected chi connectivity index (χ3v) is 4.27. The zero-order chi connectivity index (χ0) is 15.2. The Labute approximate surface area is 129 Å². The molecule has 1 aromatic rings. The van der Waals surface area contributed by atoms with Crippen molar-refractivity contribution in [1.82, 2.24) is 5.32 Å². The number of rotatable bonds is 5. The Bertz CT molecular complexity index is 533. The Kier molecular flexibility index (Phi) is 5.64. The molecule has 0 spiro atoms. The second-order valence-electron chi connectivity index (χ2n) is 4.92. The number of amidine groups is 1. The van der Waals surface area contributed by atoms with Gasteiger partial charge < -0.3 is 10.5 Å². The maximum absolute atomic E-state index is 11.7. The van der Waals surface area contributed by atoms with E-state index in [2.05, 4.69) is 35.4 Å². The van der Waals surface area contributed by atoms with Crippen LogP contribution < -0.4 is 11.1 Å². The number of thioether (sulfide) groups is 1. The molecule has 0 bridgehead atoms. The van der Waals surface area contributed by atoms with E-state index in [9.17, 15) is 4.79 Å². The number of aryl methyl sites for hydroxylation is 1. The first-order valence-corrected chi connectivity index (χ1v) is 8.05. The minimum absolute atomic E-state index is 0.115. The van der Waals surface area contributed by atoms with E-state index in [0.717, 1.165) is 5.75 Å². The first kappa shape index (κ1) is 15.9. The number of carbonyl (C=O) groups is 1. The zero-order valence-corrected chi connectivity index (χ0v) is 13.2. The van der Waals surface area contributed by atoms with Gasteiger partial charge in [-0.05, 0) is 19.4 Å². The minimum atomic E-state index is -0.472. The van der Waals surface area contributed by atoms with Crippen LogP contribution in [0.1, 0.15) is 18.1 Å². The van der Waals surface area contributed by atoms with Gasteiger partial charge in [0.05, 0.1) is 6.61 Å². The lowest BCUT2D eigenvalue weighted by molar-refractivity contribution is -0.145. The lowest BCUT2D eigenvalue weighted by Crippen LogP contribution is -2.47. The Morgan fingerprint density at radius 3 is 3.05 bits per heavy atom. The second-order valence-corrected chi connectivity index (χ2v) is 5.99. The van der Waals surface area contributed by atoms with E-state index in [1.165, 1.54) is 11.1 Å². The van der Waals surface area contributed by atoms with Crippen LogP contribution in [0, 0.1) is 12.8 Å². The highest BCUT2D eigenvalue weighted by Gasteiger charge is 2.29. The SMILES string of the molecule is CCOC(=O)C1CNC(SCc2cccc(C)c2)N=C1N. The minimum Gasteiger partial charge on any atom is -0.465 e. The summed E-state index contributed by atoms with van der Waals surface area (Å²) in [7, 11) is 0. The topological polar surface area (TPSA) is 76.7 Å². The molecule has 2 atom stereocenters. The highest BCUT2D eigenvalue weighted by Crippen LogP contribution is 2.21. The van der Waals surface area contributed by atoms with Gasteiger partial charge in [-0.1, -0.05) is 29.8 Å². The zero-order valence-electron chi connectivity index (χ0n) is 12.3. The van der Waals surface area contributed by atoms with Gasteiger partial charge in [0, 0.05) is 12.3 Å². The van der Waals surface area contributed by atoms with E-state index in [1.54, 1.807) is 18.7 Å². The van der Waals surface area contributed by atoms with Gasteiger partial charge in [-0.15, -0.1) is 11.8 Å². The number of esters is 1. The quantitative estimate of drug-likeness (QED) is 0.809. The molecule has 1 aliphatic rings. The molecular formula is C15H21N3O2S. The molecule has 2 rings (SSSR count). The largest absolute Gasteiger partial charge is 0.465 e. The normalized spacial score (nSPS) is 21.7. The monoisotopic (exact) mass is 307 g/mol. The van der Waals surface area contributed by atoms with Crippen molar-refractivity contribution >= 4 is 23.6 Å². The molecule has 3 N–H and O–H groups in total. The molecule has 1 aliphatic heterocycles. The number of hydrogen-bond acceptors (Lipinski definition) is 6. The van der Waals surface area contributed by atoms with Crippen molar-refractivity contribution in [1.29, 1.82) is 0 Å². The van der Waals surface area contributed by atoms with Crippen LogP contribution in [0.25, 0.3) is 0 Å². The van der Waals surface area contributed by atoms with Crippen molar-refractivity contribution in [3.63, 3.8) is 0 Å². The van der Waals surface area contributed by atoms with Crippen molar-refractivity contribution in [2.24, 2.45) is 16.6 Å². The number of nitrogens with two attached hydrogens (primary N) is 1. The average Bonchev–Trinajstić information content (AvgIpc) is 2.45. The Hall–Kier alpha value is -1.53. The lowest BCUT2D eigenvalue weighted by Gasteiger charge is -2.25. The van der Waals surface area contributed by atoms with Crippen molar-refractivity contribution in [2.75, 3.05) is 13.2 Å². The van der Waals surface area contributed by atoms with Gasteiger partial charge in [0.1, 0.15) is 17.3 Å². The fourth-order valence-electron chi connectivity index (χ4n) is 2.11. The molecule has 0 aromatic heterocycles. The van der Waals surface area contributed by atoms with E-state index in [0.29, 0.717) is 19.0 Å². The Morgan fingerprint density at radius 2 is 2.38 bits per heavy atom. The van der Waals surface area contributed by atoms with Crippen LogP contribution >= 0.6 is 11.8 Å². The summed E-state index contributed by atoms with van der Waals surface area (Å²) < 4.78 is 4.98. The number of benzene rings is 1. The molecule has 0 aliphatic carbocycles. The molecular weight excluding hydrogens is 286 g/mol. The lowest BCUT2D eigenvalue weighted by atomic mass is 10.1. The van der Waals surface area contributed by atoms with Crippen LogP contribution in [-0.2, 0) is 15.3 Å². The first-order valence-electron chi connectivity index (χ1n) is 7.00. The standard InChI is InChI=1S/C15H21N3O2S/c1-3-20-14(19)12-8-17-15(18-13(12)16)21-9-11-6-4-5-10(2)7-11/h4-7,12,15,17H,3,8-9H2,1-2H3,(H2,16,18). The highest BCUT2D eigenvalue weighted by molar-refractivity contribution is 7.99. The van der Waals surface area contributed by atoms with Gasteiger partial charge >= 0.3 is 5.97 Å². The fourth-order valence-corrected chi connectivity index (χ4v) is 3.05. The summed E-state index contributed by atoms with van der Waals surface area (Å²) >= 11 is 1.66. The van der Waals surface area contributed by atoms with Crippen LogP contribution in [0.5, 0.6) is 0 Å². The summed E-state index contributed by atoms with van der Waals surface area (Å²) in [5.74, 6) is 0.420. The summed E-state index contributed by atoms with van der Waals surface area (Å²) in [6, 6.07) is 8.38. The predicted octanol–water partition coefficient (Wildman–Crippen LogP) is 1.65. The molecule has 0 radical (unpaired) electrons. The van der Waals surface area contributed by atoms with Crippen molar-refractivity contribution in [3.05, 3.63) is 35.4 Å². The number of nitrogens with zero attached hydrogens (tertiary/aromatic N) is 1. The number of aliphatic imine (C=N–C) groups is 1. The summed E-state index contributed by atoms with van der Waals surface area (Å²) in [6.07, 6.45) is 0. The third-order valence-electron chi connectivity index (χ3n) is 3.18. The number of nitrogens with one attached hydrogen (secondary N) is 1. The average molecular weight is 307 g/mol. The van der Waals surface area contributed by atoms with Gasteiger partial charge in [-0.3, -0.25) is 10.1 Å².